The molecule has 0 atom stereocenters. The molecule has 0 unspecified atom stereocenters. The van der Waals surface area contributed by atoms with Gasteiger partial charge in [-0.1, -0.05) is 0 Å². The largest absolute Gasteiger partial charge is 0.416 e. The highest BCUT2D eigenvalue weighted by Crippen LogP contribution is 2.31. The van der Waals surface area contributed by atoms with Crippen molar-refractivity contribution < 1.29 is 13.2 Å². The first-order chi connectivity index (χ1) is 9.52. The Labute approximate surface area is 119 Å². The molecule has 0 bridgehead atoms. The second-order valence-corrected chi connectivity index (χ2v) is 6.40. The molecule has 1 saturated heterocycles. The number of hydrogen-bond donors (Lipinski definition) is 1. The van der Waals surface area contributed by atoms with Crippen molar-refractivity contribution in [3.05, 3.63) is 29.6 Å². The summed E-state index contributed by atoms with van der Waals surface area (Å²) in [5, 5.41) is 0. The SMILES string of the molecule is FC(F)(F)c1ccc2nc(CC3CCSCC3)[nH]c2c1. The van der Waals surface area contributed by atoms with Crippen molar-refractivity contribution >= 4 is 22.8 Å². The highest BCUT2D eigenvalue weighted by molar-refractivity contribution is 7.99. The van der Waals surface area contributed by atoms with Crippen LogP contribution in [0.15, 0.2) is 18.2 Å². The summed E-state index contributed by atoms with van der Waals surface area (Å²) in [5.74, 6) is 3.74. The Morgan fingerprint density at radius 2 is 2.00 bits per heavy atom. The van der Waals surface area contributed by atoms with Crippen molar-refractivity contribution in [2.24, 2.45) is 5.92 Å². The number of benzene rings is 1. The number of alkyl halides is 3. The second kappa shape index (κ2) is 5.31. The predicted octanol–water partition coefficient (Wildman–Crippen LogP) is 4.27. The third-order valence-electron chi connectivity index (χ3n) is 3.68. The van der Waals surface area contributed by atoms with E-state index in [1.807, 2.05) is 11.8 Å². The van der Waals surface area contributed by atoms with Gasteiger partial charge < -0.3 is 4.98 Å². The van der Waals surface area contributed by atoms with Crippen LogP contribution in [0.25, 0.3) is 11.0 Å². The van der Waals surface area contributed by atoms with E-state index < -0.39 is 11.7 Å². The summed E-state index contributed by atoms with van der Waals surface area (Å²) in [4.78, 5) is 7.44. The number of nitrogens with one attached hydrogen (secondary N) is 1. The van der Waals surface area contributed by atoms with Crippen LogP contribution >= 0.6 is 11.8 Å². The Hall–Kier alpha value is -1.17. The van der Waals surface area contributed by atoms with Crippen LogP contribution < -0.4 is 0 Å². The number of H-pyrrole nitrogens is 1. The minimum Gasteiger partial charge on any atom is -0.342 e. The van der Waals surface area contributed by atoms with Crippen LogP contribution in [0.2, 0.25) is 0 Å². The maximum Gasteiger partial charge on any atom is 0.416 e. The van der Waals surface area contributed by atoms with Crippen molar-refractivity contribution in [2.45, 2.75) is 25.4 Å². The van der Waals surface area contributed by atoms with Crippen molar-refractivity contribution in [2.75, 3.05) is 11.5 Å². The standard InChI is InChI=1S/C14H15F3N2S/c15-14(16,17)10-1-2-11-12(8-10)19-13(18-11)7-9-3-5-20-6-4-9/h1-2,8-9H,3-7H2,(H,18,19). The number of rotatable bonds is 2. The lowest BCUT2D eigenvalue weighted by atomic mass is 9.99. The minimum atomic E-state index is -4.31. The van der Waals surface area contributed by atoms with E-state index in [1.165, 1.54) is 17.6 Å². The summed E-state index contributed by atoms with van der Waals surface area (Å²) in [6, 6.07) is 3.67. The molecule has 0 radical (unpaired) electrons. The van der Waals surface area contributed by atoms with E-state index in [9.17, 15) is 13.2 Å². The molecule has 1 N–H and O–H groups in total. The summed E-state index contributed by atoms with van der Waals surface area (Å²) in [6.07, 6.45) is -1.15. The number of hydrogen-bond acceptors (Lipinski definition) is 2. The van der Waals surface area contributed by atoms with E-state index in [1.54, 1.807) is 0 Å². The van der Waals surface area contributed by atoms with Gasteiger partial charge in [-0.25, -0.2) is 4.98 Å². The van der Waals surface area contributed by atoms with Crippen LogP contribution in [0.5, 0.6) is 0 Å². The van der Waals surface area contributed by atoms with Crippen LogP contribution in [0.4, 0.5) is 13.2 Å². The van der Waals surface area contributed by atoms with Crippen molar-refractivity contribution in [3.8, 4) is 0 Å². The molecule has 6 heteroatoms. The molecule has 1 aromatic carbocycles. The van der Waals surface area contributed by atoms with E-state index >= 15 is 0 Å². The van der Waals surface area contributed by atoms with Gasteiger partial charge in [0.1, 0.15) is 5.82 Å². The number of fused-ring (bicyclic) bond motifs is 1. The van der Waals surface area contributed by atoms with Crippen LogP contribution in [-0.2, 0) is 12.6 Å². The van der Waals surface area contributed by atoms with Gasteiger partial charge >= 0.3 is 6.18 Å². The van der Waals surface area contributed by atoms with E-state index in [4.69, 9.17) is 0 Å². The molecule has 20 heavy (non-hydrogen) atoms. The molecule has 0 saturated carbocycles. The Balaban J connectivity index is 1.83. The highest BCUT2D eigenvalue weighted by Gasteiger charge is 2.30. The molecular weight excluding hydrogens is 285 g/mol. The van der Waals surface area contributed by atoms with E-state index in [0.29, 0.717) is 17.0 Å². The van der Waals surface area contributed by atoms with Crippen LogP contribution in [0.3, 0.4) is 0 Å². The zero-order chi connectivity index (χ0) is 14.2. The molecular formula is C14H15F3N2S. The minimum absolute atomic E-state index is 0.472. The Kier molecular flexibility index (Phi) is 3.67. The fourth-order valence-corrected chi connectivity index (χ4v) is 3.76. The van der Waals surface area contributed by atoms with Gasteiger partial charge in [0.15, 0.2) is 0 Å². The summed E-state index contributed by atoms with van der Waals surface area (Å²) in [5.41, 5.74) is 0.451. The quantitative estimate of drug-likeness (QED) is 0.897. The zero-order valence-corrected chi connectivity index (χ0v) is 11.7. The van der Waals surface area contributed by atoms with Gasteiger partial charge in [-0.3, -0.25) is 0 Å². The van der Waals surface area contributed by atoms with Crippen molar-refractivity contribution in [1.82, 2.24) is 9.97 Å². The zero-order valence-electron chi connectivity index (χ0n) is 10.8. The number of imidazole rings is 1. The number of aromatic amines is 1. The van der Waals surface area contributed by atoms with Gasteiger partial charge in [0.05, 0.1) is 16.6 Å². The van der Waals surface area contributed by atoms with E-state index in [2.05, 4.69) is 9.97 Å². The Bertz CT molecular complexity index is 600. The van der Waals surface area contributed by atoms with Gasteiger partial charge in [0.25, 0.3) is 0 Å². The first-order valence-corrected chi connectivity index (χ1v) is 7.81. The van der Waals surface area contributed by atoms with Crippen molar-refractivity contribution in [1.29, 1.82) is 0 Å². The van der Waals surface area contributed by atoms with Crippen LogP contribution in [0.1, 0.15) is 24.2 Å². The molecule has 2 heterocycles. The fraction of sp³-hybridized carbons (Fsp3) is 0.500. The third kappa shape index (κ3) is 2.95. The van der Waals surface area contributed by atoms with Crippen LogP contribution in [0, 0.1) is 5.92 Å². The number of thioether (sulfide) groups is 1. The van der Waals surface area contributed by atoms with Gasteiger partial charge in [-0.05, 0) is 48.5 Å². The molecule has 2 nitrogen and oxygen atoms in total. The lowest BCUT2D eigenvalue weighted by Gasteiger charge is -2.19. The van der Waals surface area contributed by atoms with Gasteiger partial charge in [-0.15, -0.1) is 0 Å². The molecule has 1 aliphatic rings. The smallest absolute Gasteiger partial charge is 0.342 e. The summed E-state index contributed by atoms with van der Waals surface area (Å²) in [7, 11) is 0. The Morgan fingerprint density at radius 1 is 1.25 bits per heavy atom. The molecule has 0 aliphatic carbocycles. The predicted molar refractivity (Wildman–Crippen MR) is 74.8 cm³/mol. The second-order valence-electron chi connectivity index (χ2n) is 5.17. The summed E-state index contributed by atoms with van der Waals surface area (Å²) < 4.78 is 38.0. The molecule has 3 rings (SSSR count). The summed E-state index contributed by atoms with van der Waals surface area (Å²) >= 11 is 1.96. The molecule has 2 aromatic rings. The molecule has 1 aliphatic heterocycles. The van der Waals surface area contributed by atoms with E-state index in [0.717, 1.165) is 37.2 Å². The molecule has 108 valence electrons. The lowest BCUT2D eigenvalue weighted by molar-refractivity contribution is -0.137. The number of halogens is 3. The Morgan fingerprint density at radius 3 is 2.70 bits per heavy atom. The number of aromatic nitrogens is 2. The average Bonchev–Trinajstić information content (AvgIpc) is 2.80. The third-order valence-corrected chi connectivity index (χ3v) is 4.73. The molecule has 1 fully saturated rings. The first-order valence-electron chi connectivity index (χ1n) is 6.66. The van der Waals surface area contributed by atoms with Crippen molar-refractivity contribution in [3.63, 3.8) is 0 Å². The normalized spacial score (nSPS) is 17.8. The van der Waals surface area contributed by atoms with Gasteiger partial charge in [-0.2, -0.15) is 24.9 Å². The maximum absolute atomic E-state index is 12.7. The maximum atomic E-state index is 12.7. The average molecular weight is 300 g/mol. The molecule has 0 spiro atoms. The highest BCUT2D eigenvalue weighted by atomic mass is 32.2. The van der Waals surface area contributed by atoms with Gasteiger partial charge in [0.2, 0.25) is 0 Å². The lowest BCUT2D eigenvalue weighted by Crippen LogP contribution is -2.12. The van der Waals surface area contributed by atoms with E-state index in [-0.39, 0.29) is 0 Å². The summed E-state index contributed by atoms with van der Waals surface area (Å²) in [6.45, 7) is 0. The number of nitrogens with zero attached hydrogens (tertiary/aromatic N) is 1. The fourth-order valence-electron chi connectivity index (χ4n) is 2.56. The van der Waals surface area contributed by atoms with Crippen LogP contribution in [-0.4, -0.2) is 21.5 Å². The first kappa shape index (κ1) is 13.8. The monoisotopic (exact) mass is 300 g/mol. The molecule has 0 amide bonds. The molecule has 1 aromatic heterocycles. The topological polar surface area (TPSA) is 28.7 Å². The van der Waals surface area contributed by atoms with Gasteiger partial charge in [0, 0.05) is 6.42 Å².